The number of nitrogens with one attached hydrogen (secondary N) is 3. The molecule has 1 aliphatic heterocycles. The van der Waals surface area contributed by atoms with Crippen molar-refractivity contribution in [2.75, 3.05) is 18.4 Å². The molecule has 14 heteroatoms. The molecule has 12 nitrogen and oxygen atoms in total. The average molecular weight is 686 g/mol. The Morgan fingerprint density at radius 2 is 1.89 bits per heavy atom. The van der Waals surface area contributed by atoms with E-state index in [9.17, 15) is 27.6 Å². The number of amides is 3. The number of esters is 1. The highest BCUT2D eigenvalue weighted by Gasteiger charge is 2.62. The number of nitrogens with zero attached hydrogens (tertiary/aromatic N) is 2. The summed E-state index contributed by atoms with van der Waals surface area (Å²) in [7, 11) is -3.85. The van der Waals surface area contributed by atoms with Gasteiger partial charge in [0.15, 0.2) is 5.13 Å². The molecule has 1 aromatic carbocycles. The zero-order valence-electron chi connectivity index (χ0n) is 26.8. The number of likely N-dealkylation sites (tertiary alicyclic amines) is 1. The number of carbonyl (C=O) groups excluding carboxylic acids is 4. The first kappa shape index (κ1) is 34.6. The van der Waals surface area contributed by atoms with Crippen molar-refractivity contribution in [1.29, 1.82) is 0 Å². The van der Waals surface area contributed by atoms with Crippen LogP contribution in [0.2, 0.25) is 0 Å². The smallest absolute Gasteiger partial charge is 0.302 e. The van der Waals surface area contributed by atoms with Gasteiger partial charge in [-0.25, -0.2) is 13.4 Å². The molecule has 2 saturated carbocycles. The highest BCUT2D eigenvalue weighted by Crippen LogP contribution is 2.46. The second-order valence-corrected chi connectivity index (χ2v) is 15.5. The molecule has 2 heterocycles. The van der Waals surface area contributed by atoms with Gasteiger partial charge in [-0.3, -0.25) is 23.9 Å². The maximum Gasteiger partial charge on any atom is 0.302 e. The van der Waals surface area contributed by atoms with Crippen LogP contribution in [-0.4, -0.2) is 78.0 Å². The fourth-order valence-corrected chi connectivity index (χ4v) is 8.08. The summed E-state index contributed by atoms with van der Waals surface area (Å²) >= 11 is 1.39. The van der Waals surface area contributed by atoms with E-state index in [4.69, 9.17) is 4.74 Å². The first-order valence-corrected chi connectivity index (χ1v) is 18.6. The lowest BCUT2D eigenvalue weighted by molar-refractivity contribution is -0.146. The van der Waals surface area contributed by atoms with Gasteiger partial charge >= 0.3 is 5.97 Å². The lowest BCUT2D eigenvalue weighted by Crippen LogP contribution is -2.57. The second kappa shape index (κ2) is 15.0. The van der Waals surface area contributed by atoms with Crippen molar-refractivity contribution >= 4 is 50.2 Å². The molecule has 254 valence electrons. The molecule has 0 unspecified atom stereocenters. The van der Waals surface area contributed by atoms with Crippen LogP contribution in [0.15, 0.2) is 48.7 Å². The molecular weight excluding hydrogens is 643 g/mol. The molecule has 0 radical (unpaired) electrons. The number of unbranched alkanes of at least 4 members (excludes halogenated alkanes) is 4. The van der Waals surface area contributed by atoms with Gasteiger partial charge in [0.1, 0.15) is 17.7 Å². The number of carbonyl (C=O) groups is 4. The van der Waals surface area contributed by atoms with Gasteiger partial charge < -0.3 is 20.3 Å². The number of ether oxygens (including phenoxy) is 1. The Morgan fingerprint density at radius 1 is 1.13 bits per heavy atom. The number of allylic oxidation sites excluding steroid dienone is 1. The predicted molar refractivity (Wildman–Crippen MR) is 179 cm³/mol. The summed E-state index contributed by atoms with van der Waals surface area (Å²) in [5.74, 6) is -2.72. The molecule has 47 heavy (non-hydrogen) atoms. The zero-order chi connectivity index (χ0) is 33.6. The van der Waals surface area contributed by atoms with Crippen molar-refractivity contribution in [3.63, 3.8) is 0 Å². The van der Waals surface area contributed by atoms with Crippen LogP contribution in [0.25, 0.3) is 10.4 Å². The third-order valence-electron chi connectivity index (χ3n) is 8.73. The van der Waals surface area contributed by atoms with Crippen LogP contribution < -0.4 is 15.4 Å². The predicted octanol–water partition coefficient (Wildman–Crippen LogP) is 3.76. The molecule has 3 amide bonds. The minimum atomic E-state index is -3.85. The topological polar surface area (TPSA) is 164 Å². The molecule has 2 aromatic rings. The van der Waals surface area contributed by atoms with E-state index in [1.165, 1.54) is 23.2 Å². The lowest BCUT2D eigenvalue weighted by Gasteiger charge is -2.26. The fourth-order valence-electron chi connectivity index (χ4n) is 5.90. The molecule has 4 atom stereocenters. The third kappa shape index (κ3) is 8.78. The van der Waals surface area contributed by atoms with Gasteiger partial charge in [0.25, 0.3) is 5.91 Å². The van der Waals surface area contributed by atoms with Crippen molar-refractivity contribution < 1.29 is 32.3 Å². The Morgan fingerprint density at radius 3 is 2.60 bits per heavy atom. The monoisotopic (exact) mass is 685 g/mol. The van der Waals surface area contributed by atoms with Gasteiger partial charge in [0.2, 0.25) is 21.8 Å². The third-order valence-corrected chi connectivity index (χ3v) is 11.6. The van der Waals surface area contributed by atoms with Crippen LogP contribution >= 0.6 is 11.3 Å². The maximum absolute atomic E-state index is 13.9. The van der Waals surface area contributed by atoms with Gasteiger partial charge in [0.05, 0.1) is 23.2 Å². The number of benzene rings is 1. The summed E-state index contributed by atoms with van der Waals surface area (Å²) in [6.45, 7) is 3.24. The van der Waals surface area contributed by atoms with E-state index in [1.54, 1.807) is 6.20 Å². The van der Waals surface area contributed by atoms with Crippen LogP contribution in [0.5, 0.6) is 0 Å². The van der Waals surface area contributed by atoms with Crippen molar-refractivity contribution in [2.45, 2.75) is 94.6 Å². The van der Waals surface area contributed by atoms with Crippen LogP contribution in [0.1, 0.15) is 71.6 Å². The van der Waals surface area contributed by atoms with Gasteiger partial charge in [-0.2, -0.15) is 0 Å². The van der Waals surface area contributed by atoms with Crippen molar-refractivity contribution in [1.82, 2.24) is 19.9 Å². The zero-order valence-corrected chi connectivity index (χ0v) is 28.4. The maximum atomic E-state index is 13.9. The summed E-state index contributed by atoms with van der Waals surface area (Å²) in [6, 6.07) is 8.68. The Hall–Kier alpha value is -3.78. The first-order chi connectivity index (χ1) is 22.5. The van der Waals surface area contributed by atoms with Crippen molar-refractivity contribution in [3.05, 3.63) is 48.7 Å². The Bertz CT molecular complexity index is 1590. The number of hydrogen-bond donors (Lipinski definition) is 3. The van der Waals surface area contributed by atoms with E-state index in [-0.39, 0.29) is 25.9 Å². The Labute approximate surface area is 279 Å². The van der Waals surface area contributed by atoms with E-state index in [0.717, 1.165) is 42.5 Å². The molecule has 3 fully saturated rings. The van der Waals surface area contributed by atoms with Gasteiger partial charge in [-0.15, -0.1) is 0 Å². The first-order valence-electron chi connectivity index (χ1n) is 16.3. The minimum Gasteiger partial charge on any atom is -0.461 e. The van der Waals surface area contributed by atoms with Crippen LogP contribution in [0, 0.1) is 5.92 Å². The van der Waals surface area contributed by atoms with Crippen LogP contribution in [0.3, 0.4) is 0 Å². The van der Waals surface area contributed by atoms with Crippen molar-refractivity contribution in [2.24, 2.45) is 5.92 Å². The Kier molecular flexibility index (Phi) is 11.0. The Balaban J connectivity index is 1.27. The molecule has 5 rings (SSSR count). The molecule has 1 saturated heterocycles. The van der Waals surface area contributed by atoms with Gasteiger partial charge in [0, 0.05) is 25.5 Å². The number of hydrogen-bond acceptors (Lipinski definition) is 10. The van der Waals surface area contributed by atoms with E-state index in [0.29, 0.717) is 18.0 Å². The highest BCUT2D eigenvalue weighted by atomic mass is 32.2. The van der Waals surface area contributed by atoms with Crippen molar-refractivity contribution in [3.8, 4) is 10.4 Å². The summed E-state index contributed by atoms with van der Waals surface area (Å²) in [5, 5.41) is 5.78. The van der Waals surface area contributed by atoms with E-state index >= 15 is 0 Å². The SMILES string of the molecule is CCCCCC/C=C\[C@@H]1C[C@]1(NC(=O)[C@@H]1C[C@@H](OC(C)=O)CN1C(=O)CNc1ncc(-c2ccccc2)s1)C(=O)NS(=O)(=O)C1CC1. The molecule has 3 aliphatic rings. The molecule has 0 spiro atoms. The largest absolute Gasteiger partial charge is 0.461 e. The summed E-state index contributed by atoms with van der Waals surface area (Å²) in [5.41, 5.74) is -0.460. The minimum absolute atomic E-state index is 0.00165. The van der Waals surface area contributed by atoms with Crippen LogP contribution in [-0.2, 0) is 33.9 Å². The average Bonchev–Trinajstić information content (AvgIpc) is 3.92. The van der Waals surface area contributed by atoms with E-state index in [2.05, 4.69) is 27.3 Å². The van der Waals surface area contributed by atoms with Crippen LogP contribution in [0.4, 0.5) is 5.13 Å². The number of anilines is 1. The molecule has 2 aliphatic carbocycles. The van der Waals surface area contributed by atoms with E-state index < -0.39 is 62.6 Å². The molecule has 0 bridgehead atoms. The standard InChI is InChI=1S/C33H43N5O7S2/c1-3-4-5-6-7-11-14-24-18-33(24,31(42)37-47(43,44)26-15-16-26)36-30(41)27-17-25(45-22(2)39)21-38(27)29(40)20-35-32-34-19-28(46-32)23-12-9-8-10-13-23/h8-14,19,24-27H,3-7,15-18,20-21H2,1-2H3,(H,34,35)(H,36,41)(H,37,42)/b14-11-/t24-,25-,27+,33-/m1/s1. The molecular formula is C33H43N5O7S2. The second-order valence-electron chi connectivity index (χ2n) is 12.5. The van der Waals surface area contributed by atoms with Gasteiger partial charge in [-0.1, -0.05) is 80.0 Å². The normalized spacial score (nSPS) is 23.8. The van der Waals surface area contributed by atoms with E-state index in [1.807, 2.05) is 42.5 Å². The number of sulfonamides is 1. The molecule has 1 aromatic heterocycles. The van der Waals surface area contributed by atoms with Gasteiger partial charge in [-0.05, 0) is 37.7 Å². The summed E-state index contributed by atoms with van der Waals surface area (Å²) in [4.78, 5) is 59.2. The summed E-state index contributed by atoms with van der Waals surface area (Å²) in [6.07, 6.45) is 11.3. The number of rotatable bonds is 16. The summed E-state index contributed by atoms with van der Waals surface area (Å²) < 4.78 is 32.9. The fraction of sp³-hybridized carbons (Fsp3) is 0.545. The number of thiazole rings is 1. The lowest BCUT2D eigenvalue weighted by atomic mass is 10.1. The number of aromatic nitrogens is 1. The quantitative estimate of drug-likeness (QED) is 0.136. The molecule has 3 N–H and O–H groups in total. The highest BCUT2D eigenvalue weighted by molar-refractivity contribution is 7.91.